The zero-order valence-corrected chi connectivity index (χ0v) is 14.5. The Morgan fingerprint density at radius 3 is 2.71 bits per heavy atom. The Kier molecular flexibility index (Phi) is 6.07. The summed E-state index contributed by atoms with van der Waals surface area (Å²) in [5.41, 5.74) is 0.970. The Morgan fingerprint density at radius 2 is 2.17 bits per heavy atom. The van der Waals surface area contributed by atoms with E-state index in [0.29, 0.717) is 26.9 Å². The number of hydrogen-bond acceptors (Lipinski definition) is 5. The normalized spacial score (nSPS) is 20.1. The van der Waals surface area contributed by atoms with Gasteiger partial charge in [-0.1, -0.05) is 29.8 Å². The number of benzene rings is 1. The fourth-order valence-electron chi connectivity index (χ4n) is 2.49. The number of amides is 1. The van der Waals surface area contributed by atoms with Crippen LogP contribution in [0.5, 0.6) is 0 Å². The highest BCUT2D eigenvalue weighted by Crippen LogP contribution is 2.40. The average molecular weight is 363 g/mol. The summed E-state index contributed by atoms with van der Waals surface area (Å²) in [4.78, 5) is 24.6. The summed E-state index contributed by atoms with van der Waals surface area (Å²) in [6, 6.07) is 8.84. The Labute approximate surface area is 149 Å². The maximum absolute atomic E-state index is 12.5. The molecule has 0 spiro atoms. The second-order valence-corrected chi connectivity index (χ2v) is 6.44. The molecule has 0 saturated heterocycles. The molecule has 1 aliphatic heterocycles. The number of nitrogens with one attached hydrogen (secondary N) is 1. The molecular formula is C17H15ClN2O3S. The van der Waals surface area contributed by atoms with Gasteiger partial charge in [0.25, 0.3) is 0 Å². The quantitative estimate of drug-likeness (QED) is 0.495. The molecular weight excluding hydrogens is 348 g/mol. The molecule has 1 unspecified atom stereocenters. The number of ether oxygens (including phenoxy) is 1. The predicted molar refractivity (Wildman–Crippen MR) is 93.1 cm³/mol. The molecule has 0 aliphatic carbocycles. The van der Waals surface area contributed by atoms with E-state index in [1.165, 1.54) is 18.9 Å². The largest absolute Gasteiger partial charge is 0.468 e. The lowest BCUT2D eigenvalue weighted by Gasteiger charge is -2.30. The number of rotatable bonds is 5. The van der Waals surface area contributed by atoms with Crippen molar-refractivity contribution >= 4 is 35.2 Å². The summed E-state index contributed by atoms with van der Waals surface area (Å²) in [6.45, 7) is 3.63. The third-order valence-electron chi connectivity index (χ3n) is 3.56. The summed E-state index contributed by atoms with van der Waals surface area (Å²) in [6.07, 6.45) is 1.67. The van der Waals surface area contributed by atoms with Crippen LogP contribution in [-0.4, -0.2) is 24.7 Å². The van der Waals surface area contributed by atoms with Gasteiger partial charge in [-0.2, -0.15) is 5.26 Å². The van der Waals surface area contributed by atoms with Crippen LogP contribution in [0.15, 0.2) is 47.5 Å². The van der Waals surface area contributed by atoms with Gasteiger partial charge in [0, 0.05) is 16.7 Å². The number of carbonyl (C=O) groups is 2. The molecule has 1 aliphatic rings. The monoisotopic (exact) mass is 362 g/mol. The van der Waals surface area contributed by atoms with Crippen molar-refractivity contribution in [2.24, 2.45) is 5.92 Å². The van der Waals surface area contributed by atoms with Crippen molar-refractivity contribution in [2.75, 3.05) is 12.9 Å². The van der Waals surface area contributed by atoms with Crippen molar-refractivity contribution in [2.45, 2.75) is 5.92 Å². The van der Waals surface area contributed by atoms with Gasteiger partial charge in [0.2, 0.25) is 5.91 Å². The summed E-state index contributed by atoms with van der Waals surface area (Å²) in [5, 5.41) is 13.2. The average Bonchev–Trinajstić information content (AvgIpc) is 2.59. The maximum atomic E-state index is 12.5. The minimum Gasteiger partial charge on any atom is -0.468 e. The highest BCUT2D eigenvalue weighted by molar-refractivity contribution is 8.03. The fraction of sp³-hybridized carbons (Fsp3) is 0.235. The Hall–Kier alpha value is -2.23. The van der Waals surface area contributed by atoms with Crippen LogP contribution in [0.25, 0.3) is 0 Å². The van der Waals surface area contributed by atoms with Crippen molar-refractivity contribution < 1.29 is 14.3 Å². The first-order valence-corrected chi connectivity index (χ1v) is 8.42. The van der Waals surface area contributed by atoms with Gasteiger partial charge in [0.1, 0.15) is 5.92 Å². The van der Waals surface area contributed by atoms with Gasteiger partial charge in [-0.25, -0.2) is 0 Å². The molecule has 7 heteroatoms. The Bertz CT molecular complexity index is 737. The van der Waals surface area contributed by atoms with Gasteiger partial charge >= 0.3 is 5.97 Å². The number of allylic oxidation sites excluding steroid dienone is 1. The molecule has 0 saturated carbocycles. The lowest BCUT2D eigenvalue weighted by molar-refractivity contribution is -0.150. The van der Waals surface area contributed by atoms with Crippen molar-refractivity contribution in [3.8, 4) is 6.07 Å². The van der Waals surface area contributed by atoms with Crippen LogP contribution in [0.3, 0.4) is 0 Å². The molecule has 124 valence electrons. The predicted octanol–water partition coefficient (Wildman–Crippen LogP) is 3.00. The van der Waals surface area contributed by atoms with Crippen LogP contribution >= 0.6 is 23.4 Å². The fourth-order valence-corrected chi connectivity index (χ4v) is 3.40. The topological polar surface area (TPSA) is 79.2 Å². The Morgan fingerprint density at radius 1 is 1.50 bits per heavy atom. The Balaban J connectivity index is 2.59. The number of carbonyl (C=O) groups excluding carboxylic acids is 2. The third-order valence-corrected chi connectivity index (χ3v) is 4.82. The van der Waals surface area contributed by atoms with Gasteiger partial charge in [-0.15, -0.1) is 18.3 Å². The van der Waals surface area contributed by atoms with E-state index in [4.69, 9.17) is 16.3 Å². The molecule has 1 amide bonds. The maximum Gasteiger partial charge on any atom is 0.319 e. The summed E-state index contributed by atoms with van der Waals surface area (Å²) in [7, 11) is 1.21. The standard InChI is InChI=1S/C17H15ClN2O3S/c1-3-8-24-16-12(9-19)13(10-4-6-11(18)7-5-10)14(15(21)20-16)17(22)23-2/h3-7,13-14H,1,8H2,2H3,(H,20,21)/t13?,14-/m0/s1. The second-order valence-electron chi connectivity index (χ2n) is 4.97. The molecule has 0 bridgehead atoms. The number of hydrogen-bond donors (Lipinski definition) is 1. The zero-order valence-electron chi connectivity index (χ0n) is 12.9. The summed E-state index contributed by atoms with van der Waals surface area (Å²) < 4.78 is 4.76. The van der Waals surface area contributed by atoms with E-state index >= 15 is 0 Å². The minimum absolute atomic E-state index is 0.319. The molecule has 0 radical (unpaired) electrons. The number of nitrogens with zero attached hydrogens (tertiary/aromatic N) is 1. The highest BCUT2D eigenvalue weighted by atomic mass is 35.5. The van der Waals surface area contributed by atoms with Crippen molar-refractivity contribution in [3.63, 3.8) is 0 Å². The molecule has 1 N–H and O–H groups in total. The van der Waals surface area contributed by atoms with E-state index in [1.807, 2.05) is 0 Å². The molecule has 2 atom stereocenters. The van der Waals surface area contributed by atoms with E-state index < -0.39 is 23.7 Å². The molecule has 2 rings (SSSR count). The van der Waals surface area contributed by atoms with Crippen LogP contribution < -0.4 is 5.32 Å². The number of esters is 1. The van der Waals surface area contributed by atoms with Crippen LogP contribution in [0.2, 0.25) is 5.02 Å². The summed E-state index contributed by atoms with van der Waals surface area (Å²) in [5.74, 6) is -2.50. The molecule has 0 aromatic heterocycles. The number of nitriles is 1. The third kappa shape index (κ3) is 3.64. The van der Waals surface area contributed by atoms with Crippen molar-refractivity contribution in [3.05, 3.63) is 58.1 Å². The van der Waals surface area contributed by atoms with E-state index in [9.17, 15) is 14.9 Å². The first-order valence-electron chi connectivity index (χ1n) is 7.05. The van der Waals surface area contributed by atoms with E-state index in [1.54, 1.807) is 30.3 Å². The molecule has 1 aromatic rings. The van der Waals surface area contributed by atoms with Gasteiger partial charge in [0.15, 0.2) is 0 Å². The van der Waals surface area contributed by atoms with Crippen LogP contribution in [0, 0.1) is 17.2 Å². The van der Waals surface area contributed by atoms with E-state index in [0.717, 1.165) is 0 Å². The molecule has 1 aromatic carbocycles. The molecule has 1 heterocycles. The highest BCUT2D eigenvalue weighted by Gasteiger charge is 2.44. The molecule has 24 heavy (non-hydrogen) atoms. The first kappa shape index (κ1) is 18.1. The van der Waals surface area contributed by atoms with Crippen LogP contribution in [-0.2, 0) is 14.3 Å². The van der Waals surface area contributed by atoms with Crippen molar-refractivity contribution in [1.29, 1.82) is 5.26 Å². The van der Waals surface area contributed by atoms with E-state index in [2.05, 4.69) is 18.0 Å². The first-order chi connectivity index (χ1) is 11.5. The van der Waals surface area contributed by atoms with Crippen molar-refractivity contribution in [1.82, 2.24) is 5.32 Å². The molecule has 0 fully saturated rings. The summed E-state index contributed by atoms with van der Waals surface area (Å²) >= 11 is 7.20. The van der Waals surface area contributed by atoms with Gasteiger partial charge < -0.3 is 10.1 Å². The minimum atomic E-state index is -1.13. The second kappa shape index (κ2) is 8.04. The smallest absolute Gasteiger partial charge is 0.319 e. The number of halogens is 1. The number of methoxy groups -OCH3 is 1. The zero-order chi connectivity index (χ0) is 17.7. The van der Waals surface area contributed by atoms with Crippen LogP contribution in [0.1, 0.15) is 11.5 Å². The van der Waals surface area contributed by atoms with Crippen LogP contribution in [0.4, 0.5) is 0 Å². The lowest BCUT2D eigenvalue weighted by Crippen LogP contribution is -2.44. The van der Waals surface area contributed by atoms with Gasteiger partial charge in [-0.05, 0) is 17.7 Å². The molecule has 5 nitrogen and oxygen atoms in total. The SMILES string of the molecule is C=CCSC1=C(C#N)C(c2ccc(Cl)cc2)[C@H](C(=O)OC)C(=O)N1. The van der Waals surface area contributed by atoms with E-state index in [-0.39, 0.29) is 0 Å². The lowest BCUT2D eigenvalue weighted by atomic mass is 9.78. The number of thioether (sulfide) groups is 1. The van der Waals surface area contributed by atoms with Gasteiger partial charge in [0.05, 0.1) is 23.8 Å². The van der Waals surface area contributed by atoms with Gasteiger partial charge in [-0.3, -0.25) is 9.59 Å².